The van der Waals surface area contributed by atoms with Crippen molar-refractivity contribution in [2.75, 3.05) is 0 Å². The van der Waals surface area contributed by atoms with E-state index in [-0.39, 0.29) is 6.17 Å². The average Bonchev–Trinajstić information content (AvgIpc) is 3.49. The number of hydrogen-bond donors (Lipinski definition) is 1. The molecule has 0 amide bonds. The van der Waals surface area contributed by atoms with Gasteiger partial charge in [0.25, 0.3) is 0 Å². The molecular formula is C35H27N3. The van der Waals surface area contributed by atoms with E-state index in [0.717, 1.165) is 12.8 Å². The van der Waals surface area contributed by atoms with Crippen molar-refractivity contribution >= 4 is 43.6 Å². The number of hydrogen-bond acceptors (Lipinski definition) is 1. The number of para-hydroxylation sites is 3. The molecule has 1 unspecified atom stereocenters. The molecule has 2 aromatic heterocycles. The molecule has 6 aromatic rings. The lowest BCUT2D eigenvalue weighted by molar-refractivity contribution is 0.556. The lowest BCUT2D eigenvalue weighted by Crippen LogP contribution is -2.27. The van der Waals surface area contributed by atoms with Crippen molar-refractivity contribution in [1.29, 1.82) is 0 Å². The summed E-state index contributed by atoms with van der Waals surface area (Å²) in [6, 6.07) is 33.1. The lowest BCUT2D eigenvalue weighted by atomic mass is 10.00. The fourth-order valence-electron chi connectivity index (χ4n) is 6.31. The first-order valence-electron chi connectivity index (χ1n) is 13.4. The number of nitrogens with one attached hydrogen (secondary N) is 1. The molecule has 0 saturated heterocycles. The Labute approximate surface area is 221 Å². The van der Waals surface area contributed by atoms with Gasteiger partial charge in [-0.2, -0.15) is 0 Å². The molecule has 1 aliphatic heterocycles. The van der Waals surface area contributed by atoms with Gasteiger partial charge in [-0.25, -0.2) is 0 Å². The van der Waals surface area contributed by atoms with Crippen LogP contribution in [0, 0.1) is 0 Å². The van der Waals surface area contributed by atoms with Crippen molar-refractivity contribution in [3.05, 3.63) is 139 Å². The molecule has 8 rings (SSSR count). The fraction of sp³-hybridized carbons (Fsp3) is 0.0857. The summed E-state index contributed by atoms with van der Waals surface area (Å²) in [4.78, 5) is 0. The predicted molar refractivity (Wildman–Crippen MR) is 160 cm³/mol. The summed E-state index contributed by atoms with van der Waals surface area (Å²) in [6.45, 7) is 0. The highest BCUT2D eigenvalue weighted by Gasteiger charge is 2.22. The maximum Gasteiger partial charge on any atom is 0.123 e. The third kappa shape index (κ3) is 3.15. The van der Waals surface area contributed by atoms with Crippen LogP contribution in [0.5, 0.6) is 0 Å². The molecule has 3 heterocycles. The zero-order chi connectivity index (χ0) is 25.1. The summed E-state index contributed by atoms with van der Waals surface area (Å²) < 4.78 is 4.88. The normalized spacial score (nSPS) is 17.3. The third-order valence-electron chi connectivity index (χ3n) is 8.02. The Hall–Kier alpha value is -4.76. The van der Waals surface area contributed by atoms with Gasteiger partial charge in [-0.1, -0.05) is 78.9 Å². The van der Waals surface area contributed by atoms with Crippen LogP contribution in [0.1, 0.15) is 19.0 Å². The molecule has 0 spiro atoms. The maximum absolute atomic E-state index is 3.86. The number of fused-ring (bicyclic) bond motifs is 6. The van der Waals surface area contributed by atoms with E-state index in [1.807, 2.05) is 0 Å². The van der Waals surface area contributed by atoms with Crippen LogP contribution < -0.4 is 5.32 Å². The summed E-state index contributed by atoms with van der Waals surface area (Å²) in [5, 5.41) is 9.00. The van der Waals surface area contributed by atoms with Crippen LogP contribution in [0.4, 0.5) is 0 Å². The first-order chi connectivity index (χ1) is 18.9. The minimum Gasteiger partial charge on any atom is -0.361 e. The molecular weight excluding hydrogens is 462 g/mol. The van der Waals surface area contributed by atoms with Gasteiger partial charge in [-0.15, -0.1) is 0 Å². The van der Waals surface area contributed by atoms with Gasteiger partial charge in [0.15, 0.2) is 0 Å². The second-order valence-electron chi connectivity index (χ2n) is 10.2. The van der Waals surface area contributed by atoms with E-state index >= 15 is 0 Å². The molecule has 0 radical (unpaired) electrons. The number of dihydropyridines is 1. The van der Waals surface area contributed by atoms with Crippen LogP contribution in [0.2, 0.25) is 0 Å². The summed E-state index contributed by atoms with van der Waals surface area (Å²) >= 11 is 0. The van der Waals surface area contributed by atoms with Crippen LogP contribution in [0.15, 0.2) is 139 Å². The van der Waals surface area contributed by atoms with Crippen LogP contribution >= 0.6 is 0 Å². The molecule has 1 atom stereocenters. The number of rotatable bonds is 3. The van der Waals surface area contributed by atoms with E-state index in [4.69, 9.17) is 0 Å². The first-order valence-corrected chi connectivity index (χ1v) is 13.4. The number of benzene rings is 4. The Morgan fingerprint density at radius 3 is 2.18 bits per heavy atom. The van der Waals surface area contributed by atoms with E-state index in [9.17, 15) is 0 Å². The van der Waals surface area contributed by atoms with Gasteiger partial charge >= 0.3 is 0 Å². The third-order valence-corrected chi connectivity index (χ3v) is 8.02. The van der Waals surface area contributed by atoms with Gasteiger partial charge in [0.05, 0.1) is 22.1 Å². The molecule has 1 aliphatic carbocycles. The summed E-state index contributed by atoms with van der Waals surface area (Å²) in [5.41, 5.74) is 8.70. The van der Waals surface area contributed by atoms with Gasteiger partial charge in [-0.3, -0.25) is 0 Å². The van der Waals surface area contributed by atoms with Gasteiger partial charge in [0, 0.05) is 32.9 Å². The molecule has 0 bridgehead atoms. The quantitative estimate of drug-likeness (QED) is 0.264. The van der Waals surface area contributed by atoms with E-state index in [0.29, 0.717) is 0 Å². The first kappa shape index (κ1) is 21.3. The van der Waals surface area contributed by atoms with Gasteiger partial charge < -0.3 is 14.5 Å². The van der Waals surface area contributed by atoms with Crippen LogP contribution in [-0.2, 0) is 0 Å². The Bertz CT molecular complexity index is 1990. The van der Waals surface area contributed by atoms with E-state index in [1.165, 1.54) is 60.6 Å². The van der Waals surface area contributed by atoms with Crippen molar-refractivity contribution in [3.8, 4) is 5.69 Å². The van der Waals surface area contributed by atoms with Gasteiger partial charge in [-0.05, 0) is 67.0 Å². The Morgan fingerprint density at radius 1 is 0.632 bits per heavy atom. The molecule has 0 saturated carbocycles. The molecule has 0 fully saturated rings. The van der Waals surface area contributed by atoms with E-state index in [2.05, 4.69) is 142 Å². The van der Waals surface area contributed by atoms with Crippen molar-refractivity contribution < 1.29 is 0 Å². The van der Waals surface area contributed by atoms with Crippen LogP contribution in [0.25, 0.3) is 49.3 Å². The van der Waals surface area contributed by atoms with Crippen molar-refractivity contribution in [1.82, 2.24) is 14.5 Å². The maximum atomic E-state index is 3.86. The minimum atomic E-state index is 0.0243. The molecule has 4 aromatic carbocycles. The van der Waals surface area contributed by atoms with E-state index < -0.39 is 0 Å². The highest BCUT2D eigenvalue weighted by molar-refractivity contribution is 6.18. The molecule has 38 heavy (non-hydrogen) atoms. The molecule has 1 N–H and O–H groups in total. The Balaban J connectivity index is 1.41. The second-order valence-corrected chi connectivity index (χ2v) is 10.2. The average molecular weight is 490 g/mol. The number of aromatic nitrogens is 2. The van der Waals surface area contributed by atoms with Crippen molar-refractivity contribution in [3.63, 3.8) is 0 Å². The van der Waals surface area contributed by atoms with Gasteiger partial charge in [0.2, 0.25) is 0 Å². The largest absolute Gasteiger partial charge is 0.361 e. The Morgan fingerprint density at radius 2 is 1.37 bits per heavy atom. The number of nitrogens with zero attached hydrogens (tertiary/aromatic N) is 2. The molecule has 3 nitrogen and oxygen atoms in total. The van der Waals surface area contributed by atoms with Crippen molar-refractivity contribution in [2.24, 2.45) is 0 Å². The summed E-state index contributed by atoms with van der Waals surface area (Å²) in [7, 11) is 0. The molecule has 2 aliphatic rings. The predicted octanol–water partition coefficient (Wildman–Crippen LogP) is 8.71. The smallest absolute Gasteiger partial charge is 0.123 e. The van der Waals surface area contributed by atoms with E-state index in [1.54, 1.807) is 0 Å². The lowest BCUT2D eigenvalue weighted by Gasteiger charge is -2.27. The molecule has 3 heteroatoms. The zero-order valence-corrected chi connectivity index (χ0v) is 21.0. The summed E-state index contributed by atoms with van der Waals surface area (Å²) in [6.07, 6.45) is 15.5. The van der Waals surface area contributed by atoms with Crippen molar-refractivity contribution in [2.45, 2.75) is 19.0 Å². The topological polar surface area (TPSA) is 21.9 Å². The fourth-order valence-corrected chi connectivity index (χ4v) is 6.31. The van der Waals surface area contributed by atoms with Crippen LogP contribution in [0.3, 0.4) is 0 Å². The highest BCUT2D eigenvalue weighted by atomic mass is 15.2. The SMILES string of the molecule is C1=CCCC(C2=CC=CC(n3c4ccccc4c4cc5c6ccccc6n(-c6ccccc6)c5cc43)N2)=C1. The zero-order valence-electron chi connectivity index (χ0n) is 21.0. The monoisotopic (exact) mass is 489 g/mol. The summed E-state index contributed by atoms with van der Waals surface area (Å²) in [5.74, 6) is 0. The second kappa shape index (κ2) is 8.39. The highest BCUT2D eigenvalue weighted by Crippen LogP contribution is 2.40. The Kier molecular flexibility index (Phi) is 4.71. The van der Waals surface area contributed by atoms with Gasteiger partial charge in [0.1, 0.15) is 6.17 Å². The minimum absolute atomic E-state index is 0.0243. The van der Waals surface area contributed by atoms with Crippen LogP contribution in [-0.4, -0.2) is 9.13 Å². The molecule has 182 valence electrons. The number of allylic oxidation sites excluding steroid dienone is 6. The standard InChI is InChI=1S/C35H27N3/c1-3-12-24(13-4-1)30-18-11-21-35(36-30)38-32-20-10-8-17-27(32)29-22-28-26-16-7-9-19-31(26)37(33(28)23-34(29)38)25-14-5-2-6-15-25/h1-3,5-12,14-23,35-36H,4,13H2.